The Balaban J connectivity index is 1.16. The second-order valence-corrected chi connectivity index (χ2v) is 13.6. The van der Waals surface area contributed by atoms with E-state index in [1.165, 1.54) is 70.6 Å². The van der Waals surface area contributed by atoms with Crippen LogP contribution in [-0.4, -0.2) is 18.5 Å². The van der Waals surface area contributed by atoms with E-state index >= 15 is 8.78 Å². The molecule has 0 aromatic rings. The van der Waals surface area contributed by atoms with Crippen LogP contribution in [0.5, 0.6) is 0 Å². The minimum absolute atomic E-state index is 0.0216. The van der Waals surface area contributed by atoms with Gasteiger partial charge in [-0.25, -0.2) is 13.2 Å². The lowest BCUT2D eigenvalue weighted by atomic mass is 9.63. The first kappa shape index (κ1) is 27.8. The van der Waals surface area contributed by atoms with Gasteiger partial charge in [0.1, 0.15) is 18.5 Å². The summed E-state index contributed by atoms with van der Waals surface area (Å²) in [6, 6.07) is 0. The van der Waals surface area contributed by atoms with E-state index in [1.807, 2.05) is 0 Å². The molecule has 0 aliphatic heterocycles. The van der Waals surface area contributed by atoms with Gasteiger partial charge in [-0.1, -0.05) is 78.1 Å². The van der Waals surface area contributed by atoms with Crippen LogP contribution in [0.25, 0.3) is 0 Å². The fourth-order valence-electron chi connectivity index (χ4n) is 8.74. The van der Waals surface area contributed by atoms with Crippen LogP contribution in [0, 0.1) is 47.3 Å². The molecule has 4 saturated carbocycles. The average Bonchev–Trinajstić information content (AvgIpc) is 2.87. The molecular formula is C32H55F3. The minimum Gasteiger partial charge on any atom is -0.247 e. The summed E-state index contributed by atoms with van der Waals surface area (Å²) in [7, 11) is 0. The predicted molar refractivity (Wildman–Crippen MR) is 142 cm³/mol. The molecule has 204 valence electrons. The molecule has 0 heterocycles. The molecule has 0 amide bonds. The van der Waals surface area contributed by atoms with Gasteiger partial charge in [-0.15, -0.1) is 0 Å². The van der Waals surface area contributed by atoms with Crippen LogP contribution in [0.15, 0.2) is 0 Å². The van der Waals surface area contributed by atoms with E-state index in [1.54, 1.807) is 0 Å². The Labute approximate surface area is 215 Å². The molecule has 0 nitrogen and oxygen atoms in total. The fourth-order valence-corrected chi connectivity index (χ4v) is 8.74. The Bertz CT molecular complexity index is 592. The van der Waals surface area contributed by atoms with E-state index < -0.39 is 18.5 Å². The second kappa shape index (κ2) is 13.5. The van der Waals surface area contributed by atoms with E-state index in [0.29, 0.717) is 17.8 Å². The van der Waals surface area contributed by atoms with Crippen molar-refractivity contribution in [2.75, 3.05) is 0 Å². The van der Waals surface area contributed by atoms with Crippen LogP contribution < -0.4 is 0 Å². The highest BCUT2D eigenvalue weighted by molar-refractivity contribution is 4.95. The van der Waals surface area contributed by atoms with Gasteiger partial charge in [0.2, 0.25) is 0 Å². The molecule has 3 heteroatoms. The summed E-state index contributed by atoms with van der Waals surface area (Å²) in [5, 5.41) is 0. The third kappa shape index (κ3) is 7.43. The summed E-state index contributed by atoms with van der Waals surface area (Å²) in [4.78, 5) is 0. The van der Waals surface area contributed by atoms with Crippen molar-refractivity contribution in [3.63, 3.8) is 0 Å². The normalized spacial score (nSPS) is 45.3. The quantitative estimate of drug-likeness (QED) is 0.278. The first-order valence-corrected chi connectivity index (χ1v) is 15.9. The molecular weight excluding hydrogens is 441 g/mol. The third-order valence-corrected chi connectivity index (χ3v) is 11.4. The second-order valence-electron chi connectivity index (χ2n) is 13.6. The predicted octanol–water partition coefficient (Wildman–Crippen LogP) is 10.4. The minimum atomic E-state index is -1.23. The van der Waals surface area contributed by atoms with Gasteiger partial charge in [0.25, 0.3) is 0 Å². The van der Waals surface area contributed by atoms with Gasteiger partial charge in [0.15, 0.2) is 0 Å². The van der Waals surface area contributed by atoms with Crippen molar-refractivity contribution in [1.82, 2.24) is 0 Å². The van der Waals surface area contributed by atoms with Gasteiger partial charge in [-0.3, -0.25) is 0 Å². The Morgan fingerprint density at radius 3 is 1.54 bits per heavy atom. The van der Waals surface area contributed by atoms with Crippen molar-refractivity contribution < 1.29 is 13.2 Å². The molecule has 0 aromatic carbocycles. The highest BCUT2D eigenvalue weighted by Gasteiger charge is 2.46. The van der Waals surface area contributed by atoms with Crippen LogP contribution in [0.4, 0.5) is 13.2 Å². The maximum atomic E-state index is 15.5. The van der Waals surface area contributed by atoms with Gasteiger partial charge >= 0.3 is 0 Å². The first-order valence-electron chi connectivity index (χ1n) is 15.9. The molecule has 35 heavy (non-hydrogen) atoms. The summed E-state index contributed by atoms with van der Waals surface area (Å²) in [5.74, 6) is 3.13. The van der Waals surface area contributed by atoms with Gasteiger partial charge in [-0.05, 0) is 105 Å². The van der Waals surface area contributed by atoms with Crippen LogP contribution in [0.3, 0.4) is 0 Å². The third-order valence-electron chi connectivity index (χ3n) is 11.4. The molecule has 0 spiro atoms. The van der Waals surface area contributed by atoms with Crippen LogP contribution in [0.2, 0.25) is 0 Å². The highest BCUT2D eigenvalue weighted by Crippen LogP contribution is 2.49. The molecule has 7 atom stereocenters. The fraction of sp³-hybridized carbons (Fsp3) is 1.00. The number of hydrogen-bond donors (Lipinski definition) is 0. The zero-order valence-electron chi connectivity index (χ0n) is 22.9. The lowest BCUT2D eigenvalue weighted by Crippen LogP contribution is -2.45. The van der Waals surface area contributed by atoms with Crippen LogP contribution in [-0.2, 0) is 0 Å². The Hall–Kier alpha value is -0.210. The molecule has 0 radical (unpaired) electrons. The summed E-state index contributed by atoms with van der Waals surface area (Å²) in [5.41, 5.74) is 0. The molecule has 4 rings (SSSR count). The van der Waals surface area contributed by atoms with E-state index in [4.69, 9.17) is 0 Å². The number of alkyl halides is 3. The van der Waals surface area contributed by atoms with Crippen molar-refractivity contribution >= 4 is 0 Å². The highest BCUT2D eigenvalue weighted by atomic mass is 19.2. The van der Waals surface area contributed by atoms with Crippen molar-refractivity contribution in [1.29, 1.82) is 0 Å². The van der Waals surface area contributed by atoms with Crippen molar-refractivity contribution in [3.05, 3.63) is 0 Å². The summed E-state index contributed by atoms with van der Waals surface area (Å²) >= 11 is 0. The first-order chi connectivity index (χ1) is 17.0. The van der Waals surface area contributed by atoms with Crippen LogP contribution in [0.1, 0.15) is 136 Å². The van der Waals surface area contributed by atoms with Crippen molar-refractivity contribution in [2.24, 2.45) is 47.3 Å². The molecule has 7 unspecified atom stereocenters. The van der Waals surface area contributed by atoms with E-state index in [9.17, 15) is 4.39 Å². The average molecular weight is 497 g/mol. The maximum absolute atomic E-state index is 15.5. The summed E-state index contributed by atoms with van der Waals surface area (Å²) in [6.07, 6.45) is 18.8. The zero-order chi connectivity index (χ0) is 24.8. The van der Waals surface area contributed by atoms with Gasteiger partial charge in [-0.2, -0.15) is 0 Å². The molecule has 0 aromatic heterocycles. The lowest BCUT2D eigenvalue weighted by Gasteiger charge is -2.45. The Morgan fingerprint density at radius 1 is 0.543 bits per heavy atom. The van der Waals surface area contributed by atoms with E-state index in [2.05, 4.69) is 13.8 Å². The van der Waals surface area contributed by atoms with E-state index in [-0.39, 0.29) is 17.8 Å². The van der Waals surface area contributed by atoms with Gasteiger partial charge < -0.3 is 0 Å². The Kier molecular flexibility index (Phi) is 10.8. The number of hydrogen-bond acceptors (Lipinski definition) is 0. The molecule has 4 aliphatic rings. The summed E-state index contributed by atoms with van der Waals surface area (Å²) < 4.78 is 45.0. The summed E-state index contributed by atoms with van der Waals surface area (Å²) in [6.45, 7) is 4.31. The largest absolute Gasteiger partial charge is 0.247 e. The monoisotopic (exact) mass is 496 g/mol. The lowest BCUT2D eigenvalue weighted by molar-refractivity contribution is -0.0372. The van der Waals surface area contributed by atoms with E-state index in [0.717, 1.165) is 63.2 Å². The Morgan fingerprint density at radius 2 is 1.03 bits per heavy atom. The van der Waals surface area contributed by atoms with Crippen molar-refractivity contribution in [3.8, 4) is 0 Å². The number of halogens is 3. The number of unbranched alkanes of at least 4 members (excludes halogenated alkanes) is 2. The molecule has 0 N–H and O–H groups in total. The topological polar surface area (TPSA) is 0 Å². The number of rotatable bonds is 9. The maximum Gasteiger partial charge on any atom is 0.134 e. The van der Waals surface area contributed by atoms with Crippen LogP contribution >= 0.6 is 0 Å². The molecule has 0 saturated heterocycles. The zero-order valence-corrected chi connectivity index (χ0v) is 22.9. The molecule has 4 aliphatic carbocycles. The van der Waals surface area contributed by atoms with Crippen molar-refractivity contribution in [2.45, 2.75) is 154 Å². The SMILES string of the molecule is CCCCCC1CCC(C2CCC(C3CCC(CCC4CCC(C)C(F)C4)CC3)C(F)C2F)CC1. The smallest absolute Gasteiger partial charge is 0.134 e. The molecule has 0 bridgehead atoms. The molecule has 4 fully saturated rings. The van der Waals surface area contributed by atoms with Gasteiger partial charge in [0, 0.05) is 0 Å². The standard InChI is InChI=1S/C32H55F3/c1-3-4-5-6-23-11-15-26(16-12-23)28-19-20-29(32(35)31(28)34)27-17-13-24(14-18-27)9-10-25-8-7-22(2)30(33)21-25/h22-32H,3-21H2,1-2H3. The van der Waals surface area contributed by atoms with Gasteiger partial charge in [0.05, 0.1) is 0 Å².